The average Bonchev–Trinajstić information content (AvgIpc) is 3.02. The predicted octanol–water partition coefficient (Wildman–Crippen LogP) is 5.99. The van der Waals surface area contributed by atoms with Crippen LogP contribution in [0.5, 0.6) is 0 Å². The van der Waals surface area contributed by atoms with E-state index in [1.807, 2.05) is 0 Å². The molecular weight excluding hydrogens is 216 g/mol. The fourth-order valence-electron chi connectivity index (χ4n) is 3.35. The summed E-state index contributed by atoms with van der Waals surface area (Å²) in [5.41, 5.74) is 4.84. The van der Waals surface area contributed by atoms with Crippen LogP contribution in [0.1, 0.15) is 73.1 Å². The zero-order chi connectivity index (χ0) is 13.5. The maximum atomic E-state index is 3.39. The fraction of sp³-hybridized carbons (Fsp3) is 0.833. The van der Waals surface area contributed by atoms with E-state index >= 15 is 0 Å². The molecule has 0 heteroatoms. The third-order valence-corrected chi connectivity index (χ3v) is 4.82. The summed E-state index contributed by atoms with van der Waals surface area (Å²) in [5.74, 6) is 3.66. The van der Waals surface area contributed by atoms with Crippen molar-refractivity contribution in [1.29, 1.82) is 0 Å². The molecule has 1 fully saturated rings. The lowest BCUT2D eigenvalue weighted by Gasteiger charge is -2.22. The van der Waals surface area contributed by atoms with Crippen molar-refractivity contribution >= 4 is 0 Å². The highest BCUT2D eigenvalue weighted by Crippen LogP contribution is 2.41. The average molecular weight is 248 g/mol. The van der Waals surface area contributed by atoms with E-state index in [0.29, 0.717) is 0 Å². The van der Waals surface area contributed by atoms with Crippen LogP contribution in [0.15, 0.2) is 17.4 Å². The van der Waals surface area contributed by atoms with Crippen LogP contribution in [-0.2, 0) is 0 Å². The second-order valence-electron chi connectivity index (χ2n) is 6.37. The van der Waals surface area contributed by atoms with Crippen molar-refractivity contribution in [2.24, 2.45) is 23.7 Å². The molecule has 0 aromatic rings. The smallest absolute Gasteiger partial charge is 0.0107 e. The maximum Gasteiger partial charge on any atom is -0.0107 e. The first-order chi connectivity index (χ1) is 8.60. The number of unbranched alkanes of at least 4 members (excludes halogenated alkanes) is 1. The second-order valence-corrected chi connectivity index (χ2v) is 6.37. The van der Waals surface area contributed by atoms with Gasteiger partial charge in [0.15, 0.2) is 0 Å². The monoisotopic (exact) mass is 248 g/mol. The molecular formula is C18H32. The van der Waals surface area contributed by atoms with Gasteiger partial charge in [0, 0.05) is 0 Å². The van der Waals surface area contributed by atoms with E-state index in [9.17, 15) is 0 Å². The minimum absolute atomic E-state index is 0.737. The Morgan fingerprint density at radius 1 is 1.39 bits per heavy atom. The van der Waals surface area contributed by atoms with E-state index in [4.69, 9.17) is 0 Å². The maximum absolute atomic E-state index is 3.39. The van der Waals surface area contributed by atoms with Crippen molar-refractivity contribution in [3.8, 4) is 0 Å². The molecule has 0 aromatic heterocycles. The van der Waals surface area contributed by atoms with Gasteiger partial charge in [-0.1, -0.05) is 46.5 Å². The summed E-state index contributed by atoms with van der Waals surface area (Å²) in [6.45, 7) is 11.4. The Bertz CT molecular complexity index is 293. The van der Waals surface area contributed by atoms with Crippen LogP contribution in [0.4, 0.5) is 0 Å². The highest BCUT2D eigenvalue weighted by molar-refractivity contribution is 5.03. The van der Waals surface area contributed by atoms with Gasteiger partial charge in [0.25, 0.3) is 0 Å². The lowest BCUT2D eigenvalue weighted by atomic mass is 9.83. The Hall–Kier alpha value is -0.480. The van der Waals surface area contributed by atoms with Crippen LogP contribution < -0.4 is 0 Å². The largest absolute Gasteiger partial charge is 0.126 e. The van der Waals surface area contributed by atoms with E-state index in [-0.39, 0.29) is 0 Å². The SMILES string of the molecule is CC=C=C(C)C(CC)C(C)CCCCC1CC1C. The summed E-state index contributed by atoms with van der Waals surface area (Å²) in [7, 11) is 0. The molecule has 0 heterocycles. The lowest BCUT2D eigenvalue weighted by molar-refractivity contribution is 0.359. The Morgan fingerprint density at radius 2 is 2.06 bits per heavy atom. The lowest BCUT2D eigenvalue weighted by Crippen LogP contribution is -2.12. The first-order valence-electron chi connectivity index (χ1n) is 7.97. The first kappa shape index (κ1) is 15.6. The third kappa shape index (κ3) is 5.02. The predicted molar refractivity (Wildman–Crippen MR) is 81.6 cm³/mol. The van der Waals surface area contributed by atoms with Crippen molar-refractivity contribution < 1.29 is 0 Å². The summed E-state index contributed by atoms with van der Waals surface area (Å²) < 4.78 is 0. The van der Waals surface area contributed by atoms with Crippen LogP contribution in [0.25, 0.3) is 0 Å². The molecule has 18 heavy (non-hydrogen) atoms. The summed E-state index contributed by atoms with van der Waals surface area (Å²) in [6, 6.07) is 0. The fourth-order valence-corrected chi connectivity index (χ4v) is 3.35. The minimum atomic E-state index is 0.737. The van der Waals surface area contributed by atoms with Gasteiger partial charge in [0.05, 0.1) is 0 Å². The van der Waals surface area contributed by atoms with Gasteiger partial charge in [-0.2, -0.15) is 0 Å². The number of rotatable bonds is 8. The van der Waals surface area contributed by atoms with Gasteiger partial charge >= 0.3 is 0 Å². The molecule has 0 aliphatic heterocycles. The van der Waals surface area contributed by atoms with Crippen LogP contribution >= 0.6 is 0 Å². The summed E-state index contributed by atoms with van der Waals surface area (Å²) in [6.07, 6.45) is 10.5. The Balaban J connectivity index is 2.24. The number of hydrogen-bond acceptors (Lipinski definition) is 0. The molecule has 4 atom stereocenters. The zero-order valence-corrected chi connectivity index (χ0v) is 13.1. The molecule has 104 valence electrons. The molecule has 0 saturated heterocycles. The molecule has 0 radical (unpaired) electrons. The van der Waals surface area contributed by atoms with Gasteiger partial charge in [-0.15, -0.1) is 5.73 Å². The standard InChI is InChI=1S/C18H32/c1-6-10-14(3)18(7-2)15(4)11-8-9-12-17-13-16(17)5/h6,15-18H,7-9,11-13H2,1-5H3. The summed E-state index contributed by atoms with van der Waals surface area (Å²) in [4.78, 5) is 0. The van der Waals surface area contributed by atoms with Crippen molar-refractivity contribution in [2.45, 2.75) is 73.1 Å². The molecule has 0 aromatic carbocycles. The van der Waals surface area contributed by atoms with E-state index in [2.05, 4.69) is 46.4 Å². The first-order valence-corrected chi connectivity index (χ1v) is 7.97. The molecule has 4 unspecified atom stereocenters. The summed E-state index contributed by atoms with van der Waals surface area (Å²) in [5, 5.41) is 0. The molecule has 0 spiro atoms. The molecule has 1 aliphatic rings. The molecule has 1 saturated carbocycles. The third-order valence-electron chi connectivity index (χ3n) is 4.82. The molecule has 0 amide bonds. The Labute approximate surface area is 115 Å². The molecule has 1 rings (SSSR count). The van der Waals surface area contributed by atoms with Gasteiger partial charge in [-0.25, -0.2) is 0 Å². The summed E-state index contributed by atoms with van der Waals surface area (Å²) >= 11 is 0. The normalized spacial score (nSPS) is 25.2. The zero-order valence-electron chi connectivity index (χ0n) is 13.1. The minimum Gasteiger partial charge on any atom is -0.126 e. The molecule has 0 N–H and O–H groups in total. The van der Waals surface area contributed by atoms with Gasteiger partial charge < -0.3 is 0 Å². The van der Waals surface area contributed by atoms with Crippen LogP contribution in [0.3, 0.4) is 0 Å². The van der Waals surface area contributed by atoms with Crippen molar-refractivity contribution in [1.82, 2.24) is 0 Å². The second kappa shape index (κ2) is 7.85. The topological polar surface area (TPSA) is 0 Å². The van der Waals surface area contributed by atoms with E-state index in [1.165, 1.54) is 44.1 Å². The molecule has 0 bridgehead atoms. The van der Waals surface area contributed by atoms with Crippen LogP contribution in [0.2, 0.25) is 0 Å². The van der Waals surface area contributed by atoms with Gasteiger partial charge in [0.2, 0.25) is 0 Å². The highest BCUT2D eigenvalue weighted by Gasteiger charge is 2.31. The van der Waals surface area contributed by atoms with Crippen LogP contribution in [0, 0.1) is 23.7 Å². The van der Waals surface area contributed by atoms with E-state index in [0.717, 1.165) is 23.7 Å². The quantitative estimate of drug-likeness (QED) is 0.366. The molecule has 1 aliphatic carbocycles. The van der Waals surface area contributed by atoms with Gasteiger partial charge in [0.1, 0.15) is 0 Å². The Kier molecular flexibility index (Phi) is 6.79. The molecule has 0 nitrogen and oxygen atoms in total. The van der Waals surface area contributed by atoms with Crippen molar-refractivity contribution in [3.05, 3.63) is 17.4 Å². The van der Waals surface area contributed by atoms with E-state index < -0.39 is 0 Å². The van der Waals surface area contributed by atoms with Crippen molar-refractivity contribution in [2.75, 3.05) is 0 Å². The van der Waals surface area contributed by atoms with Gasteiger partial charge in [-0.3, -0.25) is 0 Å². The van der Waals surface area contributed by atoms with E-state index in [1.54, 1.807) is 0 Å². The number of hydrogen-bond donors (Lipinski definition) is 0. The van der Waals surface area contributed by atoms with Gasteiger partial charge in [-0.05, 0) is 62.0 Å². The number of allylic oxidation sites excluding steroid dienone is 1. The highest BCUT2D eigenvalue weighted by atomic mass is 14.4. The van der Waals surface area contributed by atoms with Crippen LogP contribution in [-0.4, -0.2) is 0 Å². The van der Waals surface area contributed by atoms with Crippen molar-refractivity contribution in [3.63, 3.8) is 0 Å². The Morgan fingerprint density at radius 3 is 2.56 bits per heavy atom.